The van der Waals surface area contributed by atoms with Gasteiger partial charge in [-0.3, -0.25) is 4.90 Å². The summed E-state index contributed by atoms with van der Waals surface area (Å²) < 4.78 is 0. The van der Waals surface area contributed by atoms with Crippen molar-refractivity contribution < 1.29 is 0 Å². The molecule has 1 heterocycles. The van der Waals surface area contributed by atoms with Crippen LogP contribution in [0, 0.1) is 0 Å². The van der Waals surface area contributed by atoms with E-state index in [-0.39, 0.29) is 0 Å². The number of thiocarbonyl (C=S) groups is 1. The third kappa shape index (κ3) is 6.51. The lowest BCUT2D eigenvalue weighted by atomic mass is 10.1. The molecule has 4 heteroatoms. The van der Waals surface area contributed by atoms with Crippen molar-refractivity contribution in [3.63, 3.8) is 0 Å². The molecular formula is C16H33N3S. The van der Waals surface area contributed by atoms with Gasteiger partial charge in [0, 0.05) is 26.2 Å². The van der Waals surface area contributed by atoms with Crippen LogP contribution in [0.15, 0.2) is 0 Å². The normalized spacial score (nSPS) is 19.1. The van der Waals surface area contributed by atoms with Crippen LogP contribution >= 0.6 is 12.2 Å². The van der Waals surface area contributed by atoms with Crippen molar-refractivity contribution in [3.8, 4) is 0 Å². The Morgan fingerprint density at radius 2 is 1.65 bits per heavy atom. The lowest BCUT2D eigenvalue weighted by Crippen LogP contribution is -2.53. The summed E-state index contributed by atoms with van der Waals surface area (Å²) in [4.78, 5) is 5.77. The Morgan fingerprint density at radius 1 is 1.00 bits per heavy atom. The molecule has 0 aromatic carbocycles. The summed E-state index contributed by atoms with van der Waals surface area (Å²) in [5.74, 6) is 0. The van der Waals surface area contributed by atoms with Crippen molar-refractivity contribution in [2.24, 2.45) is 5.73 Å². The molecular weight excluding hydrogens is 266 g/mol. The Hall–Kier alpha value is -0.190. The topological polar surface area (TPSA) is 32.5 Å². The Balaban J connectivity index is 2.20. The van der Waals surface area contributed by atoms with Gasteiger partial charge in [-0.15, -0.1) is 0 Å². The average Bonchev–Trinajstić information content (AvgIpc) is 2.45. The first-order valence-corrected chi connectivity index (χ1v) is 8.85. The smallest absolute Gasteiger partial charge is 0.0902 e. The van der Waals surface area contributed by atoms with Gasteiger partial charge < -0.3 is 10.6 Å². The van der Waals surface area contributed by atoms with Gasteiger partial charge in [0.15, 0.2) is 0 Å². The maximum atomic E-state index is 5.89. The van der Waals surface area contributed by atoms with Crippen molar-refractivity contribution >= 4 is 17.2 Å². The van der Waals surface area contributed by atoms with Crippen LogP contribution in [0.4, 0.5) is 0 Å². The van der Waals surface area contributed by atoms with Crippen molar-refractivity contribution in [3.05, 3.63) is 0 Å². The highest BCUT2D eigenvalue weighted by molar-refractivity contribution is 7.80. The molecule has 0 aromatic rings. The number of nitrogens with zero attached hydrogens (tertiary/aromatic N) is 2. The predicted molar refractivity (Wildman–Crippen MR) is 92.3 cm³/mol. The number of hydrogen-bond acceptors (Lipinski definition) is 3. The summed E-state index contributed by atoms with van der Waals surface area (Å²) in [6.07, 6.45) is 9.12. The third-order valence-electron chi connectivity index (χ3n) is 4.32. The molecule has 0 radical (unpaired) electrons. The van der Waals surface area contributed by atoms with E-state index in [2.05, 4.69) is 23.6 Å². The largest absolute Gasteiger partial charge is 0.392 e. The minimum atomic E-state index is 0.321. The number of nitrogens with two attached hydrogens (primary N) is 1. The van der Waals surface area contributed by atoms with Crippen molar-refractivity contribution in [1.29, 1.82) is 0 Å². The maximum absolute atomic E-state index is 5.89. The summed E-state index contributed by atoms with van der Waals surface area (Å²) in [5.41, 5.74) is 5.89. The molecule has 1 atom stereocenters. The maximum Gasteiger partial charge on any atom is 0.0902 e. The van der Waals surface area contributed by atoms with E-state index in [4.69, 9.17) is 18.0 Å². The predicted octanol–water partition coefficient (Wildman–Crippen LogP) is 3.03. The molecule has 1 saturated heterocycles. The van der Waals surface area contributed by atoms with Crippen LogP contribution in [-0.4, -0.2) is 53.6 Å². The van der Waals surface area contributed by atoms with E-state index in [1.165, 1.54) is 51.7 Å². The van der Waals surface area contributed by atoms with Crippen LogP contribution < -0.4 is 5.73 Å². The van der Waals surface area contributed by atoms with Crippen LogP contribution in [0.3, 0.4) is 0 Å². The second-order valence-corrected chi connectivity index (χ2v) is 6.47. The summed E-state index contributed by atoms with van der Waals surface area (Å²) >= 11 is 5.23. The van der Waals surface area contributed by atoms with Crippen LogP contribution in [0.25, 0.3) is 0 Å². The van der Waals surface area contributed by atoms with Gasteiger partial charge in [0.1, 0.15) is 0 Å². The molecule has 0 bridgehead atoms. The van der Waals surface area contributed by atoms with Gasteiger partial charge in [0.05, 0.1) is 11.0 Å². The van der Waals surface area contributed by atoms with Crippen molar-refractivity contribution in [2.75, 3.05) is 32.7 Å². The molecule has 0 aliphatic carbocycles. The van der Waals surface area contributed by atoms with Gasteiger partial charge in [-0.1, -0.05) is 58.2 Å². The fourth-order valence-corrected chi connectivity index (χ4v) is 3.28. The third-order valence-corrected chi connectivity index (χ3v) is 4.59. The quantitative estimate of drug-likeness (QED) is 0.496. The van der Waals surface area contributed by atoms with Gasteiger partial charge in [-0.25, -0.2) is 0 Å². The summed E-state index contributed by atoms with van der Waals surface area (Å²) in [6, 6.07) is 0.321. The zero-order chi connectivity index (χ0) is 14.8. The number of hydrogen-bond donors (Lipinski definition) is 1. The number of piperazine rings is 1. The Kier molecular flexibility index (Phi) is 9.40. The highest BCUT2D eigenvalue weighted by Gasteiger charge is 2.24. The van der Waals surface area contributed by atoms with Crippen LogP contribution in [0.1, 0.15) is 58.8 Å². The van der Waals surface area contributed by atoms with E-state index in [0.717, 1.165) is 25.9 Å². The molecule has 0 saturated carbocycles. The monoisotopic (exact) mass is 299 g/mol. The Morgan fingerprint density at radius 3 is 2.20 bits per heavy atom. The first-order valence-electron chi connectivity index (χ1n) is 8.44. The molecule has 1 unspecified atom stereocenters. The zero-order valence-corrected chi connectivity index (χ0v) is 14.3. The summed E-state index contributed by atoms with van der Waals surface area (Å²) in [5, 5.41) is 0. The van der Waals surface area contributed by atoms with Crippen LogP contribution in [0.2, 0.25) is 0 Å². The van der Waals surface area contributed by atoms with Gasteiger partial charge in [-0.05, 0) is 19.4 Å². The fraction of sp³-hybridized carbons (Fsp3) is 0.938. The van der Waals surface area contributed by atoms with Crippen molar-refractivity contribution in [1.82, 2.24) is 9.80 Å². The van der Waals surface area contributed by atoms with E-state index in [1.807, 2.05) is 0 Å². The molecule has 1 aliphatic heterocycles. The second-order valence-electron chi connectivity index (χ2n) is 6.00. The van der Waals surface area contributed by atoms with Gasteiger partial charge in [0.2, 0.25) is 0 Å². The van der Waals surface area contributed by atoms with E-state index >= 15 is 0 Å². The molecule has 1 fully saturated rings. The standard InChI is InChI=1S/C16H33N3S/c1-3-5-6-7-8-10-18-11-13-19(14-12-18)15(9-4-2)16(17)20/h15H,3-14H2,1-2H3,(H2,17,20). The fourth-order valence-electron chi connectivity index (χ4n) is 3.02. The van der Waals surface area contributed by atoms with E-state index in [1.54, 1.807) is 0 Å². The Bertz CT molecular complexity index is 262. The van der Waals surface area contributed by atoms with Gasteiger partial charge in [0.25, 0.3) is 0 Å². The second kappa shape index (κ2) is 10.5. The Labute approximate surface area is 130 Å². The van der Waals surface area contributed by atoms with Crippen LogP contribution in [-0.2, 0) is 0 Å². The van der Waals surface area contributed by atoms with Crippen LogP contribution in [0.5, 0.6) is 0 Å². The SMILES string of the molecule is CCCCCCCN1CCN(C(CCC)C(N)=S)CC1. The van der Waals surface area contributed by atoms with E-state index in [0.29, 0.717) is 11.0 Å². The molecule has 20 heavy (non-hydrogen) atoms. The first-order chi connectivity index (χ1) is 9.69. The highest BCUT2D eigenvalue weighted by Crippen LogP contribution is 2.12. The number of rotatable bonds is 10. The lowest BCUT2D eigenvalue weighted by molar-refractivity contribution is 0.113. The highest BCUT2D eigenvalue weighted by atomic mass is 32.1. The van der Waals surface area contributed by atoms with Gasteiger partial charge >= 0.3 is 0 Å². The van der Waals surface area contributed by atoms with E-state index in [9.17, 15) is 0 Å². The lowest BCUT2D eigenvalue weighted by Gasteiger charge is -2.39. The molecule has 1 aliphatic rings. The van der Waals surface area contributed by atoms with Gasteiger partial charge in [-0.2, -0.15) is 0 Å². The minimum Gasteiger partial charge on any atom is -0.392 e. The molecule has 2 N–H and O–H groups in total. The van der Waals surface area contributed by atoms with Crippen molar-refractivity contribution in [2.45, 2.75) is 64.8 Å². The molecule has 0 spiro atoms. The number of unbranched alkanes of at least 4 members (excludes halogenated alkanes) is 4. The summed E-state index contributed by atoms with van der Waals surface area (Å²) in [6.45, 7) is 10.3. The molecule has 3 nitrogen and oxygen atoms in total. The molecule has 1 rings (SSSR count). The summed E-state index contributed by atoms with van der Waals surface area (Å²) in [7, 11) is 0. The average molecular weight is 300 g/mol. The minimum absolute atomic E-state index is 0.321. The molecule has 0 aromatic heterocycles. The molecule has 0 amide bonds. The zero-order valence-electron chi connectivity index (χ0n) is 13.4. The molecule has 118 valence electrons. The van der Waals surface area contributed by atoms with E-state index < -0.39 is 0 Å². The first kappa shape index (κ1) is 17.9.